The fraction of sp³-hybridized carbons (Fsp3) is 0.533. The van der Waals surface area contributed by atoms with Crippen LogP contribution in [0.2, 0.25) is 0 Å². The van der Waals surface area contributed by atoms with Gasteiger partial charge in [-0.2, -0.15) is 0 Å². The molecular formula is C15H21N3O2. The van der Waals surface area contributed by atoms with Gasteiger partial charge in [-0.1, -0.05) is 12.8 Å². The summed E-state index contributed by atoms with van der Waals surface area (Å²) < 4.78 is 0. The maximum atomic E-state index is 10.6. The third kappa shape index (κ3) is 2.78. The summed E-state index contributed by atoms with van der Waals surface area (Å²) in [6.45, 7) is 1.83. The van der Waals surface area contributed by atoms with Crippen molar-refractivity contribution < 1.29 is 9.90 Å². The van der Waals surface area contributed by atoms with Gasteiger partial charge >= 0.3 is 5.97 Å². The molecule has 4 N–H and O–H groups in total. The van der Waals surface area contributed by atoms with Gasteiger partial charge in [0.1, 0.15) is 6.17 Å². The smallest absolute Gasteiger partial charge is 0.328 e. The molecule has 3 rings (SSSR count). The molecule has 5 nitrogen and oxygen atoms in total. The van der Waals surface area contributed by atoms with Crippen LogP contribution >= 0.6 is 0 Å². The van der Waals surface area contributed by atoms with Gasteiger partial charge in [0.15, 0.2) is 0 Å². The maximum absolute atomic E-state index is 10.6. The van der Waals surface area contributed by atoms with Crippen molar-refractivity contribution in [1.29, 1.82) is 0 Å². The second kappa shape index (κ2) is 5.42. The zero-order chi connectivity index (χ0) is 14.0. The first-order valence-corrected chi connectivity index (χ1v) is 7.23. The number of nitrogens with one attached hydrogen (secondary N) is 3. The lowest BCUT2D eigenvalue weighted by Gasteiger charge is -2.28. The van der Waals surface area contributed by atoms with Crippen LogP contribution in [0.3, 0.4) is 0 Å². The minimum atomic E-state index is -0.923. The monoisotopic (exact) mass is 275 g/mol. The van der Waals surface area contributed by atoms with Gasteiger partial charge in [0.05, 0.1) is 0 Å². The highest BCUT2D eigenvalue weighted by Crippen LogP contribution is 2.31. The number of rotatable bonds is 2. The normalized spacial score (nSPS) is 28.5. The summed E-state index contributed by atoms with van der Waals surface area (Å²) >= 11 is 0. The number of hydrogen-bond acceptors (Lipinski definition) is 4. The molecule has 5 heteroatoms. The second-order valence-corrected chi connectivity index (χ2v) is 5.86. The molecule has 2 heterocycles. The third-order valence-corrected chi connectivity index (χ3v) is 4.43. The number of hydrogen-bond donors (Lipinski definition) is 4. The van der Waals surface area contributed by atoms with E-state index in [0.29, 0.717) is 0 Å². The SMILES string of the molecule is O=C(O)/C=C/C1=CNC2NCC3(CCCC3)NCC2=C1. The van der Waals surface area contributed by atoms with E-state index in [1.54, 1.807) is 6.08 Å². The van der Waals surface area contributed by atoms with Crippen LogP contribution in [0, 0.1) is 0 Å². The quantitative estimate of drug-likeness (QED) is 0.563. The Morgan fingerprint density at radius 3 is 2.95 bits per heavy atom. The summed E-state index contributed by atoms with van der Waals surface area (Å²) in [4.78, 5) is 10.6. The molecule has 0 aromatic carbocycles. The largest absolute Gasteiger partial charge is 0.478 e. The van der Waals surface area contributed by atoms with Crippen LogP contribution in [-0.4, -0.2) is 35.9 Å². The molecule has 20 heavy (non-hydrogen) atoms. The average molecular weight is 275 g/mol. The number of carboxylic acid groups (broad SMARTS) is 1. The molecule has 0 amide bonds. The Morgan fingerprint density at radius 1 is 1.40 bits per heavy atom. The van der Waals surface area contributed by atoms with Gasteiger partial charge in [0.2, 0.25) is 0 Å². The first-order valence-electron chi connectivity index (χ1n) is 7.23. The molecule has 1 atom stereocenters. The topological polar surface area (TPSA) is 73.4 Å². The number of carbonyl (C=O) groups is 1. The summed E-state index contributed by atoms with van der Waals surface area (Å²) in [5, 5.41) is 19.3. The van der Waals surface area contributed by atoms with Crippen LogP contribution in [0.1, 0.15) is 25.7 Å². The fourth-order valence-electron chi connectivity index (χ4n) is 3.29. The van der Waals surface area contributed by atoms with Crippen LogP contribution < -0.4 is 16.0 Å². The lowest BCUT2D eigenvalue weighted by Crippen LogP contribution is -2.50. The number of carboxylic acids is 1. The molecule has 0 aromatic rings. The number of fused-ring (bicyclic) bond motifs is 1. The summed E-state index contributed by atoms with van der Waals surface area (Å²) in [6, 6.07) is 0. The van der Waals surface area contributed by atoms with Crippen molar-refractivity contribution >= 4 is 5.97 Å². The van der Waals surface area contributed by atoms with Gasteiger partial charge in [0.25, 0.3) is 0 Å². The molecule has 0 aromatic heterocycles. The Bertz CT molecular complexity index is 487. The molecule has 108 valence electrons. The lowest BCUT2D eigenvalue weighted by atomic mass is 9.98. The number of allylic oxidation sites excluding steroid dienone is 3. The Labute approximate surface area is 118 Å². The minimum Gasteiger partial charge on any atom is -0.478 e. The van der Waals surface area contributed by atoms with E-state index >= 15 is 0 Å². The van der Waals surface area contributed by atoms with Gasteiger partial charge < -0.3 is 15.7 Å². The van der Waals surface area contributed by atoms with Gasteiger partial charge in [-0.25, -0.2) is 4.79 Å². The summed E-state index contributed by atoms with van der Waals surface area (Å²) in [7, 11) is 0. The van der Waals surface area contributed by atoms with Gasteiger partial charge in [-0.05, 0) is 36.1 Å². The van der Waals surface area contributed by atoms with Crippen LogP contribution in [0.5, 0.6) is 0 Å². The first kappa shape index (κ1) is 13.4. The zero-order valence-corrected chi connectivity index (χ0v) is 11.5. The molecule has 1 spiro atoms. The van der Waals surface area contributed by atoms with Crippen molar-refractivity contribution in [3.63, 3.8) is 0 Å². The molecule has 1 aliphatic carbocycles. The average Bonchev–Trinajstić information content (AvgIpc) is 2.82. The molecule has 0 bridgehead atoms. The number of aliphatic carboxylic acids is 1. The van der Waals surface area contributed by atoms with E-state index in [0.717, 1.165) is 18.7 Å². The molecule has 1 saturated heterocycles. The summed E-state index contributed by atoms with van der Waals surface area (Å²) in [6.07, 6.45) is 12.0. The molecule has 3 aliphatic rings. The fourth-order valence-corrected chi connectivity index (χ4v) is 3.29. The van der Waals surface area contributed by atoms with Crippen LogP contribution in [0.25, 0.3) is 0 Å². The summed E-state index contributed by atoms with van der Waals surface area (Å²) in [5.41, 5.74) is 2.38. The number of dihydropyridines is 1. The molecule has 0 radical (unpaired) electrons. The van der Waals surface area contributed by atoms with Crippen LogP contribution in [0.4, 0.5) is 0 Å². The van der Waals surface area contributed by atoms with Crippen molar-refractivity contribution in [1.82, 2.24) is 16.0 Å². The Balaban J connectivity index is 1.71. The molecule has 2 fully saturated rings. The third-order valence-electron chi connectivity index (χ3n) is 4.43. The van der Waals surface area contributed by atoms with Crippen LogP contribution in [-0.2, 0) is 4.79 Å². The van der Waals surface area contributed by atoms with Crippen molar-refractivity contribution in [2.75, 3.05) is 13.1 Å². The van der Waals surface area contributed by atoms with E-state index in [4.69, 9.17) is 5.11 Å². The maximum Gasteiger partial charge on any atom is 0.328 e. The van der Waals surface area contributed by atoms with Crippen molar-refractivity contribution in [2.24, 2.45) is 0 Å². The molecule has 1 unspecified atom stereocenters. The van der Waals surface area contributed by atoms with E-state index < -0.39 is 5.97 Å². The Morgan fingerprint density at radius 2 is 2.20 bits per heavy atom. The Hall–Kier alpha value is -1.59. The lowest BCUT2D eigenvalue weighted by molar-refractivity contribution is -0.131. The summed E-state index contributed by atoms with van der Waals surface area (Å²) in [5.74, 6) is -0.923. The zero-order valence-electron chi connectivity index (χ0n) is 11.5. The van der Waals surface area contributed by atoms with Crippen molar-refractivity contribution in [3.05, 3.63) is 35.6 Å². The predicted molar refractivity (Wildman–Crippen MR) is 77.1 cm³/mol. The second-order valence-electron chi connectivity index (χ2n) is 5.86. The Kier molecular flexibility index (Phi) is 3.63. The highest BCUT2D eigenvalue weighted by atomic mass is 16.4. The molecular weight excluding hydrogens is 254 g/mol. The van der Waals surface area contributed by atoms with Crippen molar-refractivity contribution in [3.8, 4) is 0 Å². The predicted octanol–water partition coefficient (Wildman–Crippen LogP) is 0.872. The van der Waals surface area contributed by atoms with E-state index in [-0.39, 0.29) is 11.7 Å². The standard InChI is InChI=1S/C15H21N3O2/c19-13(20)4-3-11-7-12-9-18-15(5-1-2-6-15)10-17-14(12)16-8-11/h3-4,7-8,14,16-18H,1-2,5-6,9-10H2,(H,19,20)/b4-3+. The highest BCUT2D eigenvalue weighted by molar-refractivity contribution is 5.80. The highest BCUT2D eigenvalue weighted by Gasteiger charge is 2.36. The molecule has 2 aliphatic heterocycles. The van der Waals surface area contributed by atoms with Gasteiger partial charge in [-0.15, -0.1) is 0 Å². The van der Waals surface area contributed by atoms with E-state index in [9.17, 15) is 4.79 Å². The molecule has 1 saturated carbocycles. The van der Waals surface area contributed by atoms with E-state index in [1.165, 1.54) is 37.3 Å². The van der Waals surface area contributed by atoms with Crippen molar-refractivity contribution in [2.45, 2.75) is 37.4 Å². The van der Waals surface area contributed by atoms with E-state index in [2.05, 4.69) is 22.0 Å². The van der Waals surface area contributed by atoms with Gasteiger partial charge in [-0.3, -0.25) is 5.32 Å². The van der Waals surface area contributed by atoms with Crippen LogP contribution in [0.15, 0.2) is 35.6 Å². The minimum absolute atomic E-state index is 0.157. The first-order chi connectivity index (χ1) is 9.67. The van der Waals surface area contributed by atoms with E-state index in [1.807, 2.05) is 6.20 Å². The van der Waals surface area contributed by atoms with Gasteiger partial charge in [0, 0.05) is 30.9 Å².